The van der Waals surface area contributed by atoms with E-state index in [2.05, 4.69) is 5.16 Å². The standard InChI is InChI=1S/C18H45NO5Si4/c1-24-19-15(25(2,3)4)17(22,27(8,9)10)18(23,28(11,12)13)16(21,14-20)26(5,6)7/h20-23H,14H2,1-13H3/t16-,17-,18-/m0/s1. The van der Waals surface area contributed by atoms with Gasteiger partial charge in [0.05, 0.1) is 36.2 Å². The maximum absolute atomic E-state index is 12.6. The van der Waals surface area contributed by atoms with Crippen molar-refractivity contribution < 1.29 is 25.3 Å². The fraction of sp³-hybridized carbons (Fsp3) is 0.944. The van der Waals surface area contributed by atoms with Crippen molar-refractivity contribution in [3.05, 3.63) is 0 Å². The molecule has 0 aliphatic rings. The van der Waals surface area contributed by atoms with Gasteiger partial charge in [-0.1, -0.05) is 83.7 Å². The SMILES string of the molecule is CON=C([C@@](O)([C@](O)([C@](O)(CO)[Si](C)(C)C)[Si](C)(C)C)[Si](C)(C)C)[Si](C)(C)C. The summed E-state index contributed by atoms with van der Waals surface area (Å²) in [6, 6.07) is 0. The Morgan fingerprint density at radius 1 is 0.750 bits per heavy atom. The van der Waals surface area contributed by atoms with Gasteiger partial charge in [-0.2, -0.15) is 0 Å². The van der Waals surface area contributed by atoms with Gasteiger partial charge in [0.2, 0.25) is 0 Å². The molecule has 168 valence electrons. The number of oxime groups is 1. The van der Waals surface area contributed by atoms with Crippen molar-refractivity contribution in [2.24, 2.45) is 5.16 Å². The third kappa shape index (κ3) is 4.16. The Labute approximate surface area is 176 Å². The number of aliphatic hydroxyl groups excluding tert-OH is 1. The zero-order valence-electron chi connectivity index (χ0n) is 20.4. The van der Waals surface area contributed by atoms with Gasteiger partial charge in [-0.15, -0.1) is 0 Å². The van der Waals surface area contributed by atoms with E-state index in [0.29, 0.717) is 5.33 Å². The minimum absolute atomic E-state index is 0.455. The first-order chi connectivity index (χ1) is 12.0. The van der Waals surface area contributed by atoms with Crippen molar-refractivity contribution in [2.75, 3.05) is 13.7 Å². The van der Waals surface area contributed by atoms with E-state index in [1.807, 2.05) is 78.6 Å². The molecule has 10 heteroatoms. The van der Waals surface area contributed by atoms with Gasteiger partial charge in [-0.05, 0) is 0 Å². The summed E-state index contributed by atoms with van der Waals surface area (Å²) in [5.41, 5.74) is 0. The number of hydrogen-bond donors (Lipinski definition) is 4. The molecule has 0 fully saturated rings. The average molecular weight is 468 g/mol. The van der Waals surface area contributed by atoms with Gasteiger partial charge >= 0.3 is 0 Å². The smallest absolute Gasteiger partial charge is 0.118 e. The molecule has 4 N–H and O–H groups in total. The molecule has 0 bridgehead atoms. The van der Waals surface area contributed by atoms with Gasteiger partial charge in [-0.25, -0.2) is 0 Å². The quantitative estimate of drug-likeness (QED) is 0.237. The van der Waals surface area contributed by atoms with Crippen LogP contribution >= 0.6 is 0 Å². The third-order valence-corrected chi connectivity index (χ3v) is 17.3. The monoisotopic (exact) mass is 467 g/mol. The highest BCUT2D eigenvalue weighted by atomic mass is 28.3. The van der Waals surface area contributed by atoms with Crippen LogP contribution in [0.2, 0.25) is 78.6 Å². The minimum Gasteiger partial charge on any atom is -0.399 e. The molecule has 0 rings (SSSR count). The van der Waals surface area contributed by atoms with E-state index >= 15 is 0 Å². The van der Waals surface area contributed by atoms with E-state index in [0.717, 1.165) is 0 Å². The Morgan fingerprint density at radius 2 is 1.14 bits per heavy atom. The largest absolute Gasteiger partial charge is 0.399 e. The molecule has 0 radical (unpaired) electrons. The molecule has 0 saturated heterocycles. The molecule has 3 atom stereocenters. The number of hydrogen-bond acceptors (Lipinski definition) is 6. The van der Waals surface area contributed by atoms with Crippen LogP contribution in [0, 0.1) is 0 Å². The maximum Gasteiger partial charge on any atom is 0.118 e. The number of aliphatic hydroxyl groups is 4. The second-order valence-electron chi connectivity index (χ2n) is 12.1. The molecule has 0 unspecified atom stereocenters. The molecule has 0 aromatic carbocycles. The van der Waals surface area contributed by atoms with Crippen molar-refractivity contribution in [2.45, 2.75) is 94.2 Å². The zero-order chi connectivity index (χ0) is 23.2. The van der Waals surface area contributed by atoms with Crippen LogP contribution in [-0.4, -0.2) is 87.4 Å². The van der Waals surface area contributed by atoms with Crippen LogP contribution in [0.1, 0.15) is 0 Å². The van der Waals surface area contributed by atoms with Crippen molar-refractivity contribution in [3.63, 3.8) is 0 Å². The maximum atomic E-state index is 12.6. The van der Waals surface area contributed by atoms with Crippen LogP contribution in [0.3, 0.4) is 0 Å². The molecule has 0 aliphatic carbocycles. The van der Waals surface area contributed by atoms with Crippen LogP contribution in [0.15, 0.2) is 5.16 Å². The molecule has 0 saturated carbocycles. The van der Waals surface area contributed by atoms with Crippen LogP contribution in [0.4, 0.5) is 0 Å². The average Bonchev–Trinajstić information content (AvgIpc) is 2.45. The Kier molecular flexibility index (Phi) is 8.07. The van der Waals surface area contributed by atoms with E-state index in [1.165, 1.54) is 7.11 Å². The fourth-order valence-electron chi connectivity index (χ4n) is 4.26. The lowest BCUT2D eigenvalue weighted by Crippen LogP contribution is -2.91. The van der Waals surface area contributed by atoms with Crippen molar-refractivity contribution in [1.82, 2.24) is 0 Å². The summed E-state index contributed by atoms with van der Waals surface area (Å²) in [5, 5.41) is 46.8. The van der Waals surface area contributed by atoms with Gasteiger partial charge in [0.1, 0.15) is 30.9 Å². The first kappa shape index (κ1) is 28.2. The molecule has 6 nitrogen and oxygen atoms in total. The van der Waals surface area contributed by atoms with Gasteiger partial charge in [0, 0.05) is 0 Å². The van der Waals surface area contributed by atoms with E-state index in [9.17, 15) is 20.4 Å². The first-order valence-electron chi connectivity index (χ1n) is 9.91. The topological polar surface area (TPSA) is 103 Å². The van der Waals surface area contributed by atoms with Crippen molar-refractivity contribution in [1.29, 1.82) is 0 Å². The van der Waals surface area contributed by atoms with Gasteiger partial charge in [0.25, 0.3) is 0 Å². The molecular weight excluding hydrogens is 423 g/mol. The first-order valence-corrected chi connectivity index (χ1v) is 23.9. The normalized spacial score (nSPS) is 21.5. The molecule has 0 amide bonds. The third-order valence-electron chi connectivity index (χ3n) is 6.00. The molecule has 0 heterocycles. The highest BCUT2D eigenvalue weighted by Gasteiger charge is 2.76. The fourth-order valence-corrected chi connectivity index (χ4v) is 19.2. The summed E-state index contributed by atoms with van der Waals surface area (Å²) in [4.78, 5) is 5.17. The van der Waals surface area contributed by atoms with E-state index in [-0.39, 0.29) is 0 Å². The van der Waals surface area contributed by atoms with Gasteiger partial charge in [-0.3, -0.25) is 0 Å². The zero-order valence-corrected chi connectivity index (χ0v) is 24.4. The summed E-state index contributed by atoms with van der Waals surface area (Å²) in [6.45, 7) is 23.0. The summed E-state index contributed by atoms with van der Waals surface area (Å²) in [5.74, 6) is 0. The summed E-state index contributed by atoms with van der Waals surface area (Å²) < 4.78 is 0. The lowest BCUT2D eigenvalue weighted by molar-refractivity contribution is -0.139. The summed E-state index contributed by atoms with van der Waals surface area (Å²) in [7, 11) is -8.86. The van der Waals surface area contributed by atoms with E-state index in [1.54, 1.807) is 0 Å². The Hall–Kier alpha value is 0.178. The van der Waals surface area contributed by atoms with Gasteiger partial charge < -0.3 is 25.3 Å². The lowest BCUT2D eigenvalue weighted by atomic mass is 10.1. The molecule has 0 aromatic heterocycles. The molecular formula is C18H45NO5Si4. The Balaban J connectivity index is 7.74. The summed E-state index contributed by atoms with van der Waals surface area (Å²) >= 11 is 0. The van der Waals surface area contributed by atoms with Crippen LogP contribution < -0.4 is 0 Å². The summed E-state index contributed by atoms with van der Waals surface area (Å²) in [6.07, 6.45) is 0. The second kappa shape index (κ2) is 8.02. The number of rotatable bonds is 9. The molecule has 28 heavy (non-hydrogen) atoms. The van der Waals surface area contributed by atoms with Crippen molar-refractivity contribution >= 4 is 37.6 Å². The lowest BCUT2D eigenvalue weighted by Gasteiger charge is -2.65. The Bertz CT molecular complexity index is 589. The second-order valence-corrected chi connectivity index (χ2v) is 32.8. The van der Waals surface area contributed by atoms with E-state index in [4.69, 9.17) is 4.84 Å². The molecule has 0 aromatic rings. The van der Waals surface area contributed by atoms with Crippen LogP contribution in [-0.2, 0) is 4.84 Å². The predicted molar refractivity (Wildman–Crippen MR) is 130 cm³/mol. The van der Waals surface area contributed by atoms with Crippen molar-refractivity contribution in [3.8, 4) is 0 Å². The van der Waals surface area contributed by atoms with E-state index < -0.39 is 54.6 Å². The van der Waals surface area contributed by atoms with Crippen LogP contribution in [0.25, 0.3) is 0 Å². The molecule has 0 aliphatic heterocycles. The Morgan fingerprint density at radius 3 is 1.32 bits per heavy atom. The number of nitrogens with zero attached hydrogens (tertiary/aromatic N) is 1. The predicted octanol–water partition coefficient (Wildman–Crippen LogP) is 2.68. The highest BCUT2D eigenvalue weighted by Crippen LogP contribution is 2.50. The highest BCUT2D eigenvalue weighted by molar-refractivity contribution is 7.10. The van der Waals surface area contributed by atoms with Crippen LogP contribution in [0.5, 0.6) is 0 Å². The molecule has 0 spiro atoms. The minimum atomic E-state index is -2.74. The van der Waals surface area contributed by atoms with Gasteiger partial charge in [0.15, 0.2) is 0 Å².